The number of rotatable bonds is 4. The van der Waals surface area contributed by atoms with Crippen LogP contribution in [0.5, 0.6) is 0 Å². The SMILES string of the molecule is CC(CC=O)CN1CCCCC1. The maximum atomic E-state index is 10.2. The van der Waals surface area contributed by atoms with Crippen molar-refractivity contribution in [2.24, 2.45) is 5.92 Å². The Labute approximate surface area is 74.9 Å². The van der Waals surface area contributed by atoms with Gasteiger partial charge in [0.15, 0.2) is 0 Å². The molecule has 1 rings (SSSR count). The van der Waals surface area contributed by atoms with E-state index in [1.165, 1.54) is 32.4 Å². The van der Waals surface area contributed by atoms with Crippen molar-refractivity contribution in [2.75, 3.05) is 19.6 Å². The fraction of sp³-hybridized carbons (Fsp3) is 0.900. The smallest absolute Gasteiger partial charge is 0.120 e. The molecule has 70 valence electrons. The van der Waals surface area contributed by atoms with Crippen molar-refractivity contribution in [3.8, 4) is 0 Å². The molecule has 1 fully saturated rings. The Hall–Kier alpha value is -0.370. The predicted octanol–water partition coefficient (Wildman–Crippen LogP) is 1.70. The summed E-state index contributed by atoms with van der Waals surface area (Å²) in [6.07, 6.45) is 5.82. The zero-order valence-corrected chi connectivity index (χ0v) is 7.96. The number of hydrogen-bond donors (Lipinski definition) is 0. The number of carbonyl (C=O) groups excluding carboxylic acids is 1. The second-order valence-corrected chi connectivity index (χ2v) is 3.87. The Balaban J connectivity index is 2.15. The van der Waals surface area contributed by atoms with Crippen LogP contribution in [0.4, 0.5) is 0 Å². The Kier molecular flexibility index (Phi) is 4.30. The number of nitrogens with zero attached hydrogens (tertiary/aromatic N) is 1. The van der Waals surface area contributed by atoms with E-state index in [4.69, 9.17) is 0 Å². The fourth-order valence-electron chi connectivity index (χ4n) is 1.82. The van der Waals surface area contributed by atoms with Crippen LogP contribution < -0.4 is 0 Å². The highest BCUT2D eigenvalue weighted by Gasteiger charge is 2.12. The monoisotopic (exact) mass is 169 g/mol. The zero-order valence-electron chi connectivity index (χ0n) is 7.96. The van der Waals surface area contributed by atoms with Crippen LogP contribution in [0.2, 0.25) is 0 Å². The molecule has 0 aromatic heterocycles. The van der Waals surface area contributed by atoms with Crippen molar-refractivity contribution in [3.05, 3.63) is 0 Å². The van der Waals surface area contributed by atoms with E-state index in [2.05, 4.69) is 11.8 Å². The van der Waals surface area contributed by atoms with Gasteiger partial charge in [-0.25, -0.2) is 0 Å². The van der Waals surface area contributed by atoms with Gasteiger partial charge in [-0.05, 0) is 31.8 Å². The van der Waals surface area contributed by atoms with E-state index in [1.54, 1.807) is 0 Å². The van der Waals surface area contributed by atoms with Crippen molar-refractivity contribution < 1.29 is 4.79 Å². The van der Waals surface area contributed by atoms with Gasteiger partial charge in [-0.3, -0.25) is 0 Å². The molecule has 2 heteroatoms. The average molecular weight is 169 g/mol. The fourth-order valence-corrected chi connectivity index (χ4v) is 1.82. The van der Waals surface area contributed by atoms with Crippen molar-refractivity contribution >= 4 is 6.29 Å². The van der Waals surface area contributed by atoms with Crippen molar-refractivity contribution in [2.45, 2.75) is 32.6 Å². The van der Waals surface area contributed by atoms with Crippen molar-refractivity contribution in [1.29, 1.82) is 0 Å². The van der Waals surface area contributed by atoms with E-state index in [0.29, 0.717) is 5.92 Å². The Morgan fingerprint density at radius 3 is 2.58 bits per heavy atom. The molecule has 0 aliphatic carbocycles. The van der Waals surface area contributed by atoms with Crippen LogP contribution in [0.25, 0.3) is 0 Å². The molecular formula is C10H19NO. The van der Waals surface area contributed by atoms with Gasteiger partial charge in [0.25, 0.3) is 0 Å². The van der Waals surface area contributed by atoms with Gasteiger partial charge in [0.05, 0.1) is 0 Å². The van der Waals surface area contributed by atoms with Gasteiger partial charge < -0.3 is 9.69 Å². The second-order valence-electron chi connectivity index (χ2n) is 3.87. The summed E-state index contributed by atoms with van der Waals surface area (Å²) in [6, 6.07) is 0. The maximum Gasteiger partial charge on any atom is 0.120 e. The Bertz CT molecular complexity index is 130. The molecule has 0 saturated carbocycles. The predicted molar refractivity (Wildman–Crippen MR) is 50.1 cm³/mol. The number of hydrogen-bond acceptors (Lipinski definition) is 2. The van der Waals surface area contributed by atoms with Gasteiger partial charge in [0, 0.05) is 13.0 Å². The molecule has 0 amide bonds. The highest BCUT2D eigenvalue weighted by Crippen LogP contribution is 2.11. The third-order valence-corrected chi connectivity index (χ3v) is 2.52. The first-order valence-corrected chi connectivity index (χ1v) is 4.99. The number of carbonyl (C=O) groups is 1. The third kappa shape index (κ3) is 3.35. The highest BCUT2D eigenvalue weighted by atomic mass is 16.1. The van der Waals surface area contributed by atoms with Crippen LogP contribution in [0.3, 0.4) is 0 Å². The molecule has 1 aliphatic rings. The van der Waals surface area contributed by atoms with Crippen LogP contribution in [-0.2, 0) is 4.79 Å². The molecule has 0 radical (unpaired) electrons. The van der Waals surface area contributed by atoms with Crippen molar-refractivity contribution in [3.63, 3.8) is 0 Å². The molecule has 0 aromatic rings. The summed E-state index contributed by atoms with van der Waals surface area (Å²) in [5.41, 5.74) is 0. The topological polar surface area (TPSA) is 20.3 Å². The molecule has 1 heterocycles. The third-order valence-electron chi connectivity index (χ3n) is 2.52. The summed E-state index contributed by atoms with van der Waals surface area (Å²) >= 11 is 0. The van der Waals surface area contributed by atoms with E-state index in [-0.39, 0.29) is 0 Å². The van der Waals surface area contributed by atoms with E-state index >= 15 is 0 Å². The summed E-state index contributed by atoms with van der Waals surface area (Å²) in [4.78, 5) is 12.7. The molecular weight excluding hydrogens is 150 g/mol. The largest absolute Gasteiger partial charge is 0.303 e. The van der Waals surface area contributed by atoms with Crippen LogP contribution in [-0.4, -0.2) is 30.8 Å². The number of piperidine rings is 1. The van der Waals surface area contributed by atoms with Gasteiger partial charge in [-0.1, -0.05) is 13.3 Å². The summed E-state index contributed by atoms with van der Waals surface area (Å²) in [5.74, 6) is 0.542. The maximum absolute atomic E-state index is 10.2. The minimum atomic E-state index is 0.542. The molecule has 0 aromatic carbocycles. The highest BCUT2D eigenvalue weighted by molar-refractivity contribution is 5.49. The van der Waals surface area contributed by atoms with Gasteiger partial charge in [0.2, 0.25) is 0 Å². The molecule has 1 aliphatic heterocycles. The lowest BCUT2D eigenvalue weighted by Crippen LogP contribution is -2.33. The zero-order chi connectivity index (χ0) is 8.81. The molecule has 0 spiro atoms. The Morgan fingerprint density at radius 1 is 1.33 bits per heavy atom. The summed E-state index contributed by atoms with van der Waals surface area (Å²) in [5, 5.41) is 0. The molecule has 12 heavy (non-hydrogen) atoms. The van der Waals surface area contributed by atoms with Gasteiger partial charge in [-0.2, -0.15) is 0 Å². The average Bonchev–Trinajstić information content (AvgIpc) is 2.06. The Morgan fingerprint density at radius 2 is 2.00 bits per heavy atom. The molecule has 1 saturated heterocycles. The number of likely N-dealkylation sites (tertiary alicyclic amines) is 1. The molecule has 0 bridgehead atoms. The first-order valence-electron chi connectivity index (χ1n) is 4.99. The van der Waals surface area contributed by atoms with Gasteiger partial charge in [0.1, 0.15) is 6.29 Å². The lowest BCUT2D eigenvalue weighted by molar-refractivity contribution is -0.108. The normalized spacial score (nSPS) is 22.1. The first-order chi connectivity index (χ1) is 5.83. The summed E-state index contributed by atoms with van der Waals surface area (Å²) in [7, 11) is 0. The van der Waals surface area contributed by atoms with Crippen LogP contribution in [0.15, 0.2) is 0 Å². The lowest BCUT2D eigenvalue weighted by atomic mass is 10.1. The van der Waals surface area contributed by atoms with E-state index in [1.807, 2.05) is 0 Å². The van der Waals surface area contributed by atoms with E-state index < -0.39 is 0 Å². The van der Waals surface area contributed by atoms with E-state index in [9.17, 15) is 4.79 Å². The van der Waals surface area contributed by atoms with Crippen molar-refractivity contribution in [1.82, 2.24) is 4.90 Å². The quantitative estimate of drug-likeness (QED) is 0.597. The minimum Gasteiger partial charge on any atom is -0.303 e. The molecule has 1 unspecified atom stereocenters. The molecule has 0 N–H and O–H groups in total. The summed E-state index contributed by atoms with van der Waals surface area (Å²) in [6.45, 7) is 5.74. The number of aldehydes is 1. The summed E-state index contributed by atoms with van der Waals surface area (Å²) < 4.78 is 0. The van der Waals surface area contributed by atoms with Crippen LogP contribution >= 0.6 is 0 Å². The standard InChI is InChI=1S/C10H19NO/c1-10(5-8-12)9-11-6-3-2-4-7-11/h8,10H,2-7,9H2,1H3. The minimum absolute atomic E-state index is 0.542. The molecule has 2 nitrogen and oxygen atoms in total. The van der Waals surface area contributed by atoms with Gasteiger partial charge in [-0.15, -0.1) is 0 Å². The van der Waals surface area contributed by atoms with Crippen LogP contribution in [0, 0.1) is 5.92 Å². The lowest BCUT2D eigenvalue weighted by Gasteiger charge is -2.28. The second kappa shape index (κ2) is 5.31. The van der Waals surface area contributed by atoms with Crippen LogP contribution in [0.1, 0.15) is 32.6 Å². The first kappa shape index (κ1) is 9.72. The van der Waals surface area contributed by atoms with E-state index in [0.717, 1.165) is 19.3 Å². The van der Waals surface area contributed by atoms with Gasteiger partial charge >= 0.3 is 0 Å². The molecule has 1 atom stereocenters.